The predicted molar refractivity (Wildman–Crippen MR) is 118 cm³/mol. The van der Waals surface area contributed by atoms with Crippen molar-refractivity contribution in [1.82, 2.24) is 5.06 Å². The van der Waals surface area contributed by atoms with E-state index in [1.54, 1.807) is 5.06 Å². The van der Waals surface area contributed by atoms with E-state index in [9.17, 15) is 4.79 Å². The van der Waals surface area contributed by atoms with Crippen LogP contribution in [0.15, 0.2) is 66.4 Å². The third-order valence-electron chi connectivity index (χ3n) is 4.58. The van der Waals surface area contributed by atoms with Gasteiger partial charge in [-0.25, -0.2) is 9.86 Å². The smallest absolute Gasteiger partial charge is 0.148 e. The van der Waals surface area contributed by atoms with Gasteiger partial charge in [-0.2, -0.15) is 0 Å². The van der Waals surface area contributed by atoms with Crippen molar-refractivity contribution in [3.63, 3.8) is 0 Å². The highest BCUT2D eigenvalue weighted by molar-refractivity contribution is 7.73. The van der Waals surface area contributed by atoms with E-state index in [-0.39, 0.29) is 11.5 Å². The average Bonchev–Trinajstić information content (AvgIpc) is 2.98. The molecule has 0 spiro atoms. The summed E-state index contributed by atoms with van der Waals surface area (Å²) in [6, 6.07) is 21.3. The zero-order chi connectivity index (χ0) is 19.4. The molecule has 0 aliphatic carbocycles. The van der Waals surface area contributed by atoms with Crippen molar-refractivity contribution in [2.75, 3.05) is 12.7 Å². The van der Waals surface area contributed by atoms with Crippen LogP contribution in [0.5, 0.6) is 0 Å². The van der Waals surface area contributed by atoms with E-state index >= 15 is 0 Å². The minimum absolute atomic E-state index is 0.112. The molecule has 1 saturated heterocycles. The van der Waals surface area contributed by atoms with Gasteiger partial charge in [0.15, 0.2) is 0 Å². The molecule has 1 aliphatic heterocycles. The predicted octanol–water partition coefficient (Wildman–Crippen LogP) is 3.74. The lowest BCUT2D eigenvalue weighted by molar-refractivity contribution is -0.198. The van der Waals surface area contributed by atoms with Gasteiger partial charge in [-0.1, -0.05) is 60.7 Å². The van der Waals surface area contributed by atoms with E-state index in [0.717, 1.165) is 6.16 Å². The van der Waals surface area contributed by atoms with E-state index in [0.29, 0.717) is 17.9 Å². The summed E-state index contributed by atoms with van der Waals surface area (Å²) in [6.07, 6.45) is 0.817. The largest absolute Gasteiger partial charge is 0.267 e. The molecule has 5 heteroatoms. The lowest BCUT2D eigenvalue weighted by Crippen LogP contribution is -2.33. The third-order valence-corrected chi connectivity index (χ3v) is 7.98. The van der Waals surface area contributed by atoms with Gasteiger partial charge in [0.1, 0.15) is 11.6 Å². The van der Waals surface area contributed by atoms with Crippen LogP contribution in [-0.4, -0.2) is 35.0 Å². The van der Waals surface area contributed by atoms with Crippen LogP contribution < -0.4 is 10.6 Å². The summed E-state index contributed by atoms with van der Waals surface area (Å²) in [5.41, 5.74) is 0.579. The molecular formula is C22H27NO2P2. The second-order valence-electron chi connectivity index (χ2n) is 7.70. The number of hydrogen-bond donors (Lipinski definition) is 0. The first kappa shape index (κ1) is 20.2. The minimum Gasteiger partial charge on any atom is -0.267 e. The fraction of sp³-hybridized carbons (Fsp3) is 0.364. The summed E-state index contributed by atoms with van der Waals surface area (Å²) in [5.74, 6) is 2.30. The van der Waals surface area contributed by atoms with Crippen molar-refractivity contribution < 1.29 is 9.63 Å². The second-order valence-corrected chi connectivity index (χ2v) is 10.6. The summed E-state index contributed by atoms with van der Waals surface area (Å²) < 4.78 is 0. The zero-order valence-corrected chi connectivity index (χ0v) is 18.2. The molecule has 2 aromatic carbocycles. The van der Waals surface area contributed by atoms with Gasteiger partial charge in [0.2, 0.25) is 0 Å². The van der Waals surface area contributed by atoms with Crippen LogP contribution in [-0.2, 0) is 9.63 Å². The highest BCUT2D eigenvalue weighted by atomic mass is 31.1. The van der Waals surface area contributed by atoms with Crippen LogP contribution >= 0.6 is 17.2 Å². The lowest BCUT2D eigenvalue weighted by atomic mass is 10.1. The molecule has 142 valence electrons. The van der Waals surface area contributed by atoms with Gasteiger partial charge in [-0.15, -0.1) is 9.24 Å². The summed E-state index contributed by atoms with van der Waals surface area (Å²) in [7, 11) is 2.18. The Hall–Kier alpha value is -1.49. The van der Waals surface area contributed by atoms with Crippen LogP contribution in [0.1, 0.15) is 20.8 Å². The Bertz CT molecular complexity index is 759. The van der Waals surface area contributed by atoms with Crippen LogP contribution in [0, 0.1) is 5.92 Å². The average molecular weight is 399 g/mol. The highest BCUT2D eigenvalue weighted by Gasteiger charge is 2.44. The van der Waals surface area contributed by atoms with Crippen molar-refractivity contribution in [2.24, 2.45) is 5.92 Å². The number of hydroxylamine groups is 2. The van der Waals surface area contributed by atoms with Crippen LogP contribution in [0.2, 0.25) is 0 Å². The van der Waals surface area contributed by atoms with E-state index in [4.69, 9.17) is 4.84 Å². The molecule has 1 aliphatic rings. The normalized spacial score (nSPS) is 20.2. The fourth-order valence-electron chi connectivity index (χ4n) is 3.55. The van der Waals surface area contributed by atoms with E-state index in [2.05, 4.69) is 75.8 Å². The molecule has 0 amide bonds. The van der Waals surface area contributed by atoms with Gasteiger partial charge in [0.05, 0.1) is 12.1 Å². The minimum atomic E-state index is -0.632. The standard InChI is InChI=1S/C22H27NO2P2/c1-22(2,3)25-23-14-21(19(16-26)20(23)15-24)27(17-10-6-4-7-11-17)18-12-8-5-9-13-18/h4-13,19,21H,14,16,26H2,1-3H3. The molecule has 3 unspecified atom stereocenters. The molecule has 2 aromatic rings. The number of allylic oxidation sites excluding steroid dienone is 1. The van der Waals surface area contributed by atoms with Crippen molar-refractivity contribution in [1.29, 1.82) is 0 Å². The molecule has 3 rings (SSSR count). The van der Waals surface area contributed by atoms with Gasteiger partial charge in [-0.3, -0.25) is 4.84 Å². The molecule has 3 nitrogen and oxygen atoms in total. The SMILES string of the molecule is CC(C)(C)ON1CC(P(c2ccccc2)c2ccccc2)C(CP)C1=C=O. The maximum Gasteiger partial charge on any atom is 0.148 e. The summed E-state index contributed by atoms with van der Waals surface area (Å²) >= 11 is 0. The molecule has 0 aromatic heterocycles. The number of carbonyl (C=O) groups excluding carboxylic acids is 1. The first-order chi connectivity index (χ1) is 12.9. The Labute approximate surface area is 165 Å². The monoisotopic (exact) mass is 399 g/mol. The molecule has 0 radical (unpaired) electrons. The van der Waals surface area contributed by atoms with E-state index < -0.39 is 7.92 Å². The topological polar surface area (TPSA) is 29.5 Å². The second kappa shape index (κ2) is 8.68. The number of rotatable bonds is 5. The first-order valence-electron chi connectivity index (χ1n) is 9.25. The maximum absolute atomic E-state index is 11.8. The van der Waals surface area contributed by atoms with Crippen LogP contribution in [0.25, 0.3) is 0 Å². The Morgan fingerprint density at radius 1 is 1.07 bits per heavy atom. The molecule has 3 atom stereocenters. The van der Waals surface area contributed by atoms with Crippen LogP contribution in [0.4, 0.5) is 0 Å². The highest BCUT2D eigenvalue weighted by Crippen LogP contribution is 2.49. The zero-order valence-electron chi connectivity index (χ0n) is 16.1. The van der Waals surface area contributed by atoms with Crippen molar-refractivity contribution >= 4 is 33.7 Å². The Morgan fingerprint density at radius 3 is 2.00 bits per heavy atom. The van der Waals surface area contributed by atoms with Crippen molar-refractivity contribution in [3.05, 3.63) is 66.4 Å². The fourth-order valence-corrected chi connectivity index (χ4v) is 7.31. The third kappa shape index (κ3) is 4.68. The van der Waals surface area contributed by atoms with Gasteiger partial charge in [-0.05, 0) is 45.5 Å². The van der Waals surface area contributed by atoms with Gasteiger partial charge < -0.3 is 0 Å². The summed E-state index contributed by atoms with van der Waals surface area (Å²) in [4.78, 5) is 17.9. The maximum atomic E-state index is 11.8. The summed E-state index contributed by atoms with van der Waals surface area (Å²) in [6.45, 7) is 6.73. The molecule has 27 heavy (non-hydrogen) atoms. The molecule has 0 N–H and O–H groups in total. The Balaban J connectivity index is 2.04. The molecular weight excluding hydrogens is 372 g/mol. The first-order valence-corrected chi connectivity index (χ1v) is 11.5. The number of hydrogen-bond acceptors (Lipinski definition) is 3. The summed E-state index contributed by atoms with van der Waals surface area (Å²) in [5, 5.41) is 4.46. The molecule has 0 bridgehead atoms. The van der Waals surface area contributed by atoms with Crippen molar-refractivity contribution in [3.8, 4) is 0 Å². The van der Waals surface area contributed by atoms with Crippen LogP contribution in [0.3, 0.4) is 0 Å². The molecule has 1 fully saturated rings. The Morgan fingerprint density at radius 2 is 1.59 bits per heavy atom. The van der Waals surface area contributed by atoms with Crippen molar-refractivity contribution in [2.45, 2.75) is 32.0 Å². The number of nitrogens with zero attached hydrogens (tertiary/aromatic N) is 1. The van der Waals surface area contributed by atoms with E-state index in [1.807, 2.05) is 20.8 Å². The van der Waals surface area contributed by atoms with Gasteiger partial charge in [0.25, 0.3) is 0 Å². The molecule has 1 heterocycles. The molecule has 0 saturated carbocycles. The number of benzene rings is 2. The van der Waals surface area contributed by atoms with Gasteiger partial charge >= 0.3 is 0 Å². The lowest BCUT2D eigenvalue weighted by Gasteiger charge is -2.29. The van der Waals surface area contributed by atoms with Gasteiger partial charge in [0, 0.05) is 11.6 Å². The quantitative estimate of drug-likeness (QED) is 0.567. The Kier molecular flexibility index (Phi) is 6.51. The van der Waals surface area contributed by atoms with E-state index in [1.165, 1.54) is 10.6 Å².